The molecule has 1 fully saturated rings. The molecule has 118 valence electrons. The number of nitrogens with one attached hydrogen (secondary N) is 1. The topological polar surface area (TPSA) is 34.2 Å². The fraction of sp³-hybridized carbons (Fsp3) is 0.667. The second kappa shape index (κ2) is 7.22. The number of halogens is 3. The Morgan fingerprint density at radius 1 is 1.48 bits per heavy atom. The Hall–Kier alpha value is -1.14. The highest BCUT2D eigenvalue weighted by atomic mass is 19.4. The zero-order chi connectivity index (χ0) is 15.3. The summed E-state index contributed by atoms with van der Waals surface area (Å²) in [5, 5.41) is 3.25. The Balaban J connectivity index is 2.31. The van der Waals surface area contributed by atoms with E-state index >= 15 is 0 Å². The van der Waals surface area contributed by atoms with E-state index in [1.165, 1.54) is 12.4 Å². The maximum atomic E-state index is 13.2. The third-order valence-electron chi connectivity index (χ3n) is 3.77. The van der Waals surface area contributed by atoms with Crippen LogP contribution in [0, 0.1) is 5.92 Å². The average Bonchev–Trinajstić information content (AvgIpc) is 2.48. The SMILES string of the molecule is CCCNC(c1cnccc1C(F)(F)F)C1CCCOC1. The molecule has 2 rings (SSSR count). The number of aromatic nitrogens is 1. The molecule has 0 amide bonds. The largest absolute Gasteiger partial charge is 0.416 e. The normalized spacial score (nSPS) is 21.2. The summed E-state index contributed by atoms with van der Waals surface area (Å²) in [5.74, 6) is 0.0515. The Morgan fingerprint density at radius 3 is 2.90 bits per heavy atom. The molecule has 0 aromatic carbocycles. The van der Waals surface area contributed by atoms with E-state index in [9.17, 15) is 13.2 Å². The third kappa shape index (κ3) is 4.17. The quantitative estimate of drug-likeness (QED) is 0.903. The van der Waals surface area contributed by atoms with Crippen molar-refractivity contribution in [2.24, 2.45) is 5.92 Å². The first-order valence-corrected chi connectivity index (χ1v) is 7.36. The Labute approximate surface area is 122 Å². The van der Waals surface area contributed by atoms with Gasteiger partial charge in [0.15, 0.2) is 0 Å². The van der Waals surface area contributed by atoms with Crippen molar-refractivity contribution >= 4 is 0 Å². The Kier molecular flexibility index (Phi) is 5.58. The van der Waals surface area contributed by atoms with Gasteiger partial charge in [0.1, 0.15) is 0 Å². The van der Waals surface area contributed by atoms with E-state index in [2.05, 4.69) is 10.3 Å². The summed E-state index contributed by atoms with van der Waals surface area (Å²) >= 11 is 0. The van der Waals surface area contributed by atoms with Gasteiger partial charge in [0.05, 0.1) is 12.2 Å². The fourth-order valence-corrected chi connectivity index (χ4v) is 2.77. The van der Waals surface area contributed by atoms with Crippen molar-refractivity contribution < 1.29 is 17.9 Å². The van der Waals surface area contributed by atoms with E-state index in [0.29, 0.717) is 19.8 Å². The van der Waals surface area contributed by atoms with Crippen LogP contribution < -0.4 is 5.32 Å². The number of rotatable bonds is 5. The molecule has 1 aromatic rings. The summed E-state index contributed by atoms with van der Waals surface area (Å²) in [6.07, 6.45) is 0.793. The van der Waals surface area contributed by atoms with Gasteiger partial charge in [-0.25, -0.2) is 0 Å². The highest BCUT2D eigenvalue weighted by molar-refractivity contribution is 5.30. The maximum Gasteiger partial charge on any atom is 0.416 e. The number of nitrogens with zero attached hydrogens (tertiary/aromatic N) is 1. The smallest absolute Gasteiger partial charge is 0.381 e. The summed E-state index contributed by atoms with van der Waals surface area (Å²) < 4.78 is 45.1. The summed E-state index contributed by atoms with van der Waals surface area (Å²) in [4.78, 5) is 3.90. The molecule has 21 heavy (non-hydrogen) atoms. The molecule has 2 atom stereocenters. The standard InChI is InChI=1S/C15H21F3N2O/c1-2-6-20-14(11-4-3-8-21-10-11)12-9-19-7-5-13(12)15(16,17)18/h5,7,9,11,14,20H,2-4,6,8,10H2,1H3. The molecule has 3 nitrogen and oxygen atoms in total. The lowest BCUT2D eigenvalue weighted by molar-refractivity contribution is -0.138. The zero-order valence-electron chi connectivity index (χ0n) is 12.1. The van der Waals surface area contributed by atoms with Gasteiger partial charge in [-0.3, -0.25) is 4.98 Å². The first-order valence-electron chi connectivity index (χ1n) is 7.36. The van der Waals surface area contributed by atoms with Crippen LogP contribution in [-0.4, -0.2) is 24.7 Å². The Bertz CT molecular complexity index is 445. The van der Waals surface area contributed by atoms with Gasteiger partial charge in [-0.2, -0.15) is 13.2 Å². The van der Waals surface area contributed by atoms with Crippen molar-refractivity contribution in [2.45, 2.75) is 38.4 Å². The highest BCUT2D eigenvalue weighted by Gasteiger charge is 2.37. The molecule has 0 radical (unpaired) electrons. The van der Waals surface area contributed by atoms with Crippen LogP contribution in [0.4, 0.5) is 13.2 Å². The molecular formula is C15H21F3N2O. The maximum absolute atomic E-state index is 13.2. The molecule has 0 aliphatic carbocycles. The van der Waals surface area contributed by atoms with Gasteiger partial charge in [0, 0.05) is 31.0 Å². The van der Waals surface area contributed by atoms with Crippen LogP contribution in [0.15, 0.2) is 18.5 Å². The molecule has 1 aliphatic rings. The number of pyridine rings is 1. The van der Waals surface area contributed by atoms with Gasteiger partial charge in [0.2, 0.25) is 0 Å². The van der Waals surface area contributed by atoms with Crippen molar-refractivity contribution in [2.75, 3.05) is 19.8 Å². The second-order valence-electron chi connectivity index (χ2n) is 5.37. The van der Waals surface area contributed by atoms with Crippen molar-refractivity contribution in [3.63, 3.8) is 0 Å². The van der Waals surface area contributed by atoms with Crippen molar-refractivity contribution in [3.8, 4) is 0 Å². The van der Waals surface area contributed by atoms with Crippen LogP contribution in [0.25, 0.3) is 0 Å². The summed E-state index contributed by atoms with van der Waals surface area (Å²) in [6, 6.07) is 0.690. The minimum atomic E-state index is -4.36. The summed E-state index contributed by atoms with van der Waals surface area (Å²) in [7, 11) is 0. The molecular weight excluding hydrogens is 281 g/mol. The van der Waals surface area contributed by atoms with Crippen molar-refractivity contribution in [1.82, 2.24) is 10.3 Å². The minimum absolute atomic E-state index is 0.0515. The van der Waals surface area contributed by atoms with E-state index in [0.717, 1.165) is 25.3 Å². The first-order chi connectivity index (χ1) is 10.0. The van der Waals surface area contributed by atoms with E-state index < -0.39 is 11.7 Å². The van der Waals surface area contributed by atoms with Gasteiger partial charge >= 0.3 is 6.18 Å². The fourth-order valence-electron chi connectivity index (χ4n) is 2.77. The molecule has 0 bridgehead atoms. The molecule has 0 spiro atoms. The summed E-state index contributed by atoms with van der Waals surface area (Å²) in [6.45, 7) is 3.85. The lowest BCUT2D eigenvalue weighted by atomic mass is 9.87. The summed E-state index contributed by atoms with van der Waals surface area (Å²) in [5.41, 5.74) is -0.370. The van der Waals surface area contributed by atoms with Crippen LogP contribution in [0.2, 0.25) is 0 Å². The number of ether oxygens (including phenoxy) is 1. The van der Waals surface area contributed by atoms with E-state index in [1.807, 2.05) is 6.92 Å². The molecule has 1 N–H and O–H groups in total. The molecule has 1 aromatic heterocycles. The molecule has 2 heterocycles. The monoisotopic (exact) mass is 302 g/mol. The zero-order valence-corrected chi connectivity index (χ0v) is 12.1. The van der Waals surface area contributed by atoms with Crippen LogP contribution in [0.5, 0.6) is 0 Å². The lowest BCUT2D eigenvalue weighted by Crippen LogP contribution is -2.35. The average molecular weight is 302 g/mol. The van der Waals surface area contributed by atoms with Gasteiger partial charge < -0.3 is 10.1 Å². The van der Waals surface area contributed by atoms with Crippen LogP contribution >= 0.6 is 0 Å². The van der Waals surface area contributed by atoms with E-state index in [4.69, 9.17) is 4.74 Å². The highest BCUT2D eigenvalue weighted by Crippen LogP contribution is 2.37. The Morgan fingerprint density at radius 2 is 2.29 bits per heavy atom. The molecule has 0 saturated carbocycles. The van der Waals surface area contributed by atoms with Crippen molar-refractivity contribution in [3.05, 3.63) is 29.6 Å². The second-order valence-corrected chi connectivity index (χ2v) is 5.37. The van der Waals surface area contributed by atoms with Crippen LogP contribution in [0.1, 0.15) is 43.4 Å². The molecule has 2 unspecified atom stereocenters. The predicted molar refractivity (Wildman–Crippen MR) is 73.8 cm³/mol. The predicted octanol–water partition coefficient (Wildman–Crippen LogP) is 3.57. The van der Waals surface area contributed by atoms with Gasteiger partial charge in [-0.05, 0) is 37.4 Å². The van der Waals surface area contributed by atoms with Crippen LogP contribution in [0.3, 0.4) is 0 Å². The van der Waals surface area contributed by atoms with Crippen molar-refractivity contribution in [1.29, 1.82) is 0 Å². The lowest BCUT2D eigenvalue weighted by Gasteiger charge is -2.32. The van der Waals surface area contributed by atoms with E-state index in [-0.39, 0.29) is 17.5 Å². The number of alkyl halides is 3. The van der Waals surface area contributed by atoms with E-state index in [1.54, 1.807) is 0 Å². The molecule has 1 aliphatic heterocycles. The van der Waals surface area contributed by atoms with Gasteiger partial charge in [-0.1, -0.05) is 6.92 Å². The minimum Gasteiger partial charge on any atom is -0.381 e. The number of hydrogen-bond acceptors (Lipinski definition) is 3. The molecule has 1 saturated heterocycles. The number of hydrogen-bond donors (Lipinski definition) is 1. The third-order valence-corrected chi connectivity index (χ3v) is 3.77. The first kappa shape index (κ1) is 16.2. The van der Waals surface area contributed by atoms with Gasteiger partial charge in [0.25, 0.3) is 0 Å². The molecule has 6 heteroatoms. The van der Waals surface area contributed by atoms with Gasteiger partial charge in [-0.15, -0.1) is 0 Å². The van der Waals surface area contributed by atoms with Crippen LogP contribution in [-0.2, 0) is 10.9 Å².